The molecule has 0 saturated heterocycles. The van der Waals surface area contributed by atoms with Gasteiger partial charge in [0.1, 0.15) is 23.6 Å². The number of alkyl halides is 3. The molecule has 0 bridgehead atoms. The molecule has 0 saturated carbocycles. The van der Waals surface area contributed by atoms with Gasteiger partial charge in [0.05, 0.1) is 29.2 Å². The highest BCUT2D eigenvalue weighted by atomic mass is 19.3. The van der Waals surface area contributed by atoms with Crippen molar-refractivity contribution in [1.82, 2.24) is 14.5 Å². The smallest absolute Gasteiger partial charge is 0.303 e. The van der Waals surface area contributed by atoms with Gasteiger partial charge in [-0.05, 0) is 33.8 Å². The third-order valence-electron chi connectivity index (χ3n) is 5.72. The first-order chi connectivity index (χ1) is 15.8. The molecule has 0 unspecified atom stereocenters. The first-order valence-corrected chi connectivity index (χ1v) is 10.6. The van der Waals surface area contributed by atoms with Gasteiger partial charge in [0.2, 0.25) is 0 Å². The molecule has 2 N–H and O–H groups in total. The second-order valence-electron chi connectivity index (χ2n) is 8.63. The number of aryl methyl sites for hydroxylation is 1. The molecule has 0 aliphatic rings. The van der Waals surface area contributed by atoms with Gasteiger partial charge >= 0.3 is 5.92 Å². The summed E-state index contributed by atoms with van der Waals surface area (Å²) in [5.74, 6) is -4.77. The Morgan fingerprint density at radius 3 is 2.59 bits per heavy atom. The lowest BCUT2D eigenvalue weighted by Crippen LogP contribution is -2.41. The standard InChI is InChI=1S/C24H26F4N4O2/c1-13(9-10-25)32-11-17-20(14(2)22(32)33)29-12-30-21(17)31-15(3)16-7-6-8-18(19(16)26)24(27,28)23(4,5)34/h6-8,11-12,15,34H,1,9-10H2,2-5H3,(H,29,30,31)/t15-/m0/s1. The minimum absolute atomic E-state index is 0.0505. The number of allylic oxidation sites excluding steroid dienone is 1. The molecule has 2 aromatic heterocycles. The monoisotopic (exact) mass is 478 g/mol. The van der Waals surface area contributed by atoms with E-state index in [0.29, 0.717) is 10.9 Å². The fourth-order valence-corrected chi connectivity index (χ4v) is 3.60. The maximum atomic E-state index is 15.2. The van der Waals surface area contributed by atoms with Crippen molar-refractivity contribution in [3.63, 3.8) is 0 Å². The highest BCUT2D eigenvalue weighted by Crippen LogP contribution is 2.41. The van der Waals surface area contributed by atoms with E-state index in [1.54, 1.807) is 13.8 Å². The number of rotatable bonds is 8. The van der Waals surface area contributed by atoms with Crippen LogP contribution >= 0.6 is 0 Å². The molecule has 0 spiro atoms. The normalized spacial score (nSPS) is 13.2. The molecule has 0 fully saturated rings. The van der Waals surface area contributed by atoms with Crippen molar-refractivity contribution < 1.29 is 22.7 Å². The Bertz CT molecular complexity index is 1300. The van der Waals surface area contributed by atoms with Gasteiger partial charge in [0.25, 0.3) is 5.56 Å². The summed E-state index contributed by atoms with van der Waals surface area (Å²) in [6.07, 6.45) is 2.60. The molecule has 0 radical (unpaired) electrons. The van der Waals surface area contributed by atoms with Crippen LogP contribution in [0.3, 0.4) is 0 Å². The zero-order chi connectivity index (χ0) is 25.4. The van der Waals surface area contributed by atoms with Crippen LogP contribution in [0.25, 0.3) is 16.6 Å². The topological polar surface area (TPSA) is 80.0 Å². The van der Waals surface area contributed by atoms with Gasteiger partial charge in [0, 0.05) is 29.4 Å². The molecule has 6 nitrogen and oxygen atoms in total. The van der Waals surface area contributed by atoms with Gasteiger partial charge < -0.3 is 10.4 Å². The maximum Gasteiger partial charge on any atom is 0.303 e. The van der Waals surface area contributed by atoms with Crippen LogP contribution in [0.1, 0.15) is 49.9 Å². The lowest BCUT2D eigenvalue weighted by atomic mass is 9.91. The van der Waals surface area contributed by atoms with E-state index in [-0.39, 0.29) is 29.1 Å². The summed E-state index contributed by atoms with van der Waals surface area (Å²) in [6, 6.07) is 2.74. The summed E-state index contributed by atoms with van der Waals surface area (Å²) >= 11 is 0. The molecular weight excluding hydrogens is 452 g/mol. The van der Waals surface area contributed by atoms with Crippen LogP contribution in [0.5, 0.6) is 0 Å². The molecule has 0 aliphatic heterocycles. The highest BCUT2D eigenvalue weighted by molar-refractivity contribution is 5.90. The van der Waals surface area contributed by atoms with Gasteiger partial charge in [-0.2, -0.15) is 8.78 Å². The number of halogens is 4. The zero-order valence-corrected chi connectivity index (χ0v) is 19.3. The average Bonchev–Trinajstić information content (AvgIpc) is 2.75. The number of hydrogen-bond acceptors (Lipinski definition) is 5. The van der Waals surface area contributed by atoms with Crippen molar-refractivity contribution in [2.24, 2.45) is 0 Å². The maximum absolute atomic E-state index is 15.2. The van der Waals surface area contributed by atoms with E-state index >= 15 is 4.39 Å². The van der Waals surface area contributed by atoms with Gasteiger partial charge in [-0.3, -0.25) is 13.8 Å². The summed E-state index contributed by atoms with van der Waals surface area (Å²) in [6.45, 7) is 7.99. The Labute approximate surface area is 194 Å². The van der Waals surface area contributed by atoms with Crippen LogP contribution < -0.4 is 10.9 Å². The van der Waals surface area contributed by atoms with Crippen LogP contribution in [0.4, 0.5) is 23.4 Å². The molecule has 2 heterocycles. The summed E-state index contributed by atoms with van der Waals surface area (Å²) < 4.78 is 58.6. The number of nitrogens with one attached hydrogen (secondary N) is 1. The average molecular weight is 478 g/mol. The van der Waals surface area contributed by atoms with Crippen LogP contribution in [-0.2, 0) is 5.92 Å². The van der Waals surface area contributed by atoms with E-state index in [0.717, 1.165) is 19.9 Å². The Morgan fingerprint density at radius 2 is 1.97 bits per heavy atom. The van der Waals surface area contributed by atoms with E-state index in [2.05, 4.69) is 21.9 Å². The Hall–Kier alpha value is -3.27. The fourth-order valence-electron chi connectivity index (χ4n) is 3.60. The number of nitrogens with zero attached hydrogens (tertiary/aromatic N) is 3. The third kappa shape index (κ3) is 4.42. The molecular formula is C24H26F4N4O2. The second kappa shape index (κ2) is 9.17. The van der Waals surface area contributed by atoms with Crippen molar-refractivity contribution >= 4 is 22.4 Å². The lowest BCUT2D eigenvalue weighted by molar-refractivity contribution is -0.170. The van der Waals surface area contributed by atoms with Crippen LogP contribution in [0.15, 0.2) is 42.1 Å². The quantitative estimate of drug-likeness (QED) is 0.440. The molecule has 3 aromatic rings. The van der Waals surface area contributed by atoms with Crippen molar-refractivity contribution in [1.29, 1.82) is 0 Å². The van der Waals surface area contributed by atoms with Crippen molar-refractivity contribution in [2.45, 2.75) is 51.7 Å². The molecule has 182 valence electrons. The third-order valence-corrected chi connectivity index (χ3v) is 5.72. The van der Waals surface area contributed by atoms with E-state index < -0.39 is 41.2 Å². The van der Waals surface area contributed by atoms with Gasteiger partial charge in [0.15, 0.2) is 0 Å². The number of benzene rings is 1. The molecule has 0 amide bonds. The molecule has 0 aliphatic carbocycles. The Balaban J connectivity index is 2.08. The number of fused-ring (bicyclic) bond motifs is 1. The SMILES string of the molecule is C=C(CCF)n1cc2c(N[C@@H](C)c3cccc(C(F)(F)C(C)(C)O)c3F)ncnc2c(C)c1=O. The minimum Gasteiger partial charge on any atom is -0.384 e. The largest absolute Gasteiger partial charge is 0.384 e. The first kappa shape index (κ1) is 25.4. The number of anilines is 1. The molecule has 3 rings (SSSR count). The van der Waals surface area contributed by atoms with Gasteiger partial charge in [-0.1, -0.05) is 18.7 Å². The Morgan fingerprint density at radius 1 is 1.29 bits per heavy atom. The van der Waals surface area contributed by atoms with Crippen LogP contribution in [0, 0.1) is 12.7 Å². The number of aromatic nitrogens is 3. The van der Waals surface area contributed by atoms with Crippen molar-refractivity contribution in [2.75, 3.05) is 12.0 Å². The van der Waals surface area contributed by atoms with E-state index in [1.165, 1.54) is 29.2 Å². The molecule has 34 heavy (non-hydrogen) atoms. The van der Waals surface area contributed by atoms with Gasteiger partial charge in [-0.25, -0.2) is 14.4 Å². The predicted molar refractivity (Wildman–Crippen MR) is 123 cm³/mol. The number of pyridine rings is 1. The van der Waals surface area contributed by atoms with Crippen LogP contribution in [0.2, 0.25) is 0 Å². The highest BCUT2D eigenvalue weighted by Gasteiger charge is 2.49. The van der Waals surface area contributed by atoms with Crippen LogP contribution in [-0.4, -0.2) is 31.9 Å². The molecule has 10 heteroatoms. The summed E-state index contributed by atoms with van der Waals surface area (Å²) in [7, 11) is 0. The second-order valence-corrected chi connectivity index (χ2v) is 8.63. The van der Waals surface area contributed by atoms with E-state index in [9.17, 15) is 23.1 Å². The fraction of sp³-hybridized carbons (Fsp3) is 0.375. The first-order valence-electron chi connectivity index (χ1n) is 10.6. The van der Waals surface area contributed by atoms with Gasteiger partial charge in [-0.15, -0.1) is 0 Å². The number of aliphatic hydroxyl groups is 1. The summed E-state index contributed by atoms with van der Waals surface area (Å²) in [5.41, 5.74) is -3.01. The van der Waals surface area contributed by atoms with E-state index in [4.69, 9.17) is 0 Å². The lowest BCUT2D eigenvalue weighted by Gasteiger charge is -2.30. The Kier molecular flexibility index (Phi) is 6.84. The number of hydrogen-bond donors (Lipinski definition) is 2. The molecule has 1 aromatic carbocycles. The minimum atomic E-state index is -3.83. The zero-order valence-electron chi connectivity index (χ0n) is 19.3. The van der Waals surface area contributed by atoms with Crippen molar-refractivity contribution in [3.8, 4) is 0 Å². The van der Waals surface area contributed by atoms with Crippen molar-refractivity contribution in [3.05, 3.63) is 70.2 Å². The van der Waals surface area contributed by atoms with E-state index in [1.807, 2.05) is 0 Å². The predicted octanol–water partition coefficient (Wildman–Crippen LogP) is 5.11. The molecule has 1 atom stereocenters. The summed E-state index contributed by atoms with van der Waals surface area (Å²) in [4.78, 5) is 21.0. The summed E-state index contributed by atoms with van der Waals surface area (Å²) in [5, 5.41) is 13.2.